The van der Waals surface area contributed by atoms with E-state index >= 15 is 0 Å². The average molecular weight is 719 g/mol. The molecule has 0 bridgehead atoms. The minimum absolute atomic E-state index is 0.446. The van der Waals surface area contributed by atoms with Gasteiger partial charge in [-0.2, -0.15) is 0 Å². The van der Waals surface area contributed by atoms with Crippen LogP contribution in [0.25, 0.3) is 0 Å². The quantitative estimate of drug-likeness (QED) is 0.0987. The molecule has 6 aromatic rings. The zero-order valence-electron chi connectivity index (χ0n) is 28.6. The lowest BCUT2D eigenvalue weighted by Gasteiger charge is -2.27. The number of benzene rings is 6. The molecule has 262 valence electrons. The molecule has 8 heteroatoms. The van der Waals surface area contributed by atoms with Crippen molar-refractivity contribution < 1.29 is 30.0 Å². The van der Waals surface area contributed by atoms with Crippen LogP contribution < -0.4 is 36.9 Å². The van der Waals surface area contributed by atoms with E-state index in [1.807, 2.05) is 0 Å². The van der Waals surface area contributed by atoms with Crippen molar-refractivity contribution in [2.45, 2.75) is 26.2 Å². The molecule has 51 heavy (non-hydrogen) atoms. The Balaban J connectivity index is 0.000000231. The van der Waals surface area contributed by atoms with Crippen molar-refractivity contribution in [3.8, 4) is 0 Å². The lowest BCUT2D eigenvalue weighted by Crippen LogP contribution is -2.33. The summed E-state index contributed by atoms with van der Waals surface area (Å²) >= 11 is 0. The maximum absolute atomic E-state index is 8.56. The molecule has 0 aliphatic heterocycles. The summed E-state index contributed by atoms with van der Waals surface area (Å²) in [4.78, 5) is 17.0. The summed E-state index contributed by atoms with van der Waals surface area (Å²) in [5.41, 5.74) is 0. The molecule has 0 aliphatic rings. The fraction of sp³-hybridized carbons (Fsp3) is 0.116. The van der Waals surface area contributed by atoms with E-state index in [1.165, 1.54) is 57.3 Å². The molecule has 3 N–H and O–H groups in total. The second-order valence-corrected chi connectivity index (χ2v) is 17.0. The molecular formula is C43H44O6P2. The summed E-state index contributed by atoms with van der Waals surface area (Å²) in [5.74, 6) is 0. The number of hydrogen-bond acceptors (Lipinski definition) is 3. The first-order valence-corrected chi connectivity index (χ1v) is 19.9. The van der Waals surface area contributed by atoms with Crippen LogP contribution in [0, 0.1) is 0 Å². The van der Waals surface area contributed by atoms with Gasteiger partial charge in [0, 0.05) is 0 Å². The van der Waals surface area contributed by atoms with Gasteiger partial charge in [0.25, 0.3) is 0 Å². The van der Waals surface area contributed by atoms with Crippen molar-refractivity contribution >= 4 is 59.3 Å². The second kappa shape index (κ2) is 22.4. The molecule has 0 saturated carbocycles. The van der Waals surface area contributed by atoms with Crippen LogP contribution in [0.15, 0.2) is 182 Å². The van der Waals surface area contributed by atoms with Crippen LogP contribution in [0.5, 0.6) is 0 Å². The van der Waals surface area contributed by atoms with Crippen LogP contribution in [0.1, 0.15) is 26.2 Å². The van der Waals surface area contributed by atoms with Crippen molar-refractivity contribution in [2.75, 3.05) is 6.16 Å². The maximum Gasteiger partial charge on any atom is 0.503 e. The van der Waals surface area contributed by atoms with Gasteiger partial charge in [0.05, 0.1) is 6.16 Å². The van der Waals surface area contributed by atoms with E-state index in [1.54, 1.807) is 0 Å². The number of hydrogen-bond donors (Lipinski definition) is 3. The van der Waals surface area contributed by atoms with Crippen molar-refractivity contribution in [2.24, 2.45) is 0 Å². The predicted molar refractivity (Wildman–Crippen MR) is 213 cm³/mol. The highest BCUT2D eigenvalue weighted by atomic mass is 31.2. The number of rotatable bonds is 10. The van der Waals surface area contributed by atoms with E-state index < -0.39 is 27.5 Å². The summed E-state index contributed by atoms with van der Waals surface area (Å²) in [5, 5.41) is 37.9. The van der Waals surface area contributed by atoms with E-state index in [4.69, 9.17) is 30.0 Å². The molecule has 0 fully saturated rings. The first kappa shape index (κ1) is 40.2. The highest BCUT2D eigenvalue weighted by Gasteiger charge is 2.44. The van der Waals surface area contributed by atoms with Gasteiger partial charge in [-0.05, 0) is 66.7 Å². The zero-order valence-corrected chi connectivity index (χ0v) is 30.4. The molecule has 0 radical (unpaired) electrons. The monoisotopic (exact) mass is 718 g/mol. The normalized spacial score (nSPS) is 10.2. The Kier molecular flexibility index (Phi) is 17.7. The number of carbonyl (C=O) groups is 2. The number of carboxylic acid groups (broad SMARTS) is 4. The van der Waals surface area contributed by atoms with Gasteiger partial charge in [0.1, 0.15) is 23.2 Å². The molecule has 0 heterocycles. The predicted octanol–water partition coefficient (Wildman–Crippen LogP) is 7.73. The summed E-state index contributed by atoms with van der Waals surface area (Å²) < 4.78 is 0. The summed E-state index contributed by atoms with van der Waals surface area (Å²) in [6.45, 7) is 2.29. The Hall–Kier alpha value is -5.28. The molecule has 0 unspecified atom stereocenters. The van der Waals surface area contributed by atoms with Crippen LogP contribution >= 0.6 is 15.2 Å². The minimum atomic E-state index is -2.08. The standard InChI is InChI=1S/C23H26P.C18H15P.2CH2O3/c1-2-3-13-20-24(21-14-7-4-8-15-21,22-16-9-5-10-17-22)23-18-11-6-12-19-23;1-4-10-16(11-5-1)19(17-12-6-2-7-13-17)18-14-8-3-9-15-18;2*2-1(3)4/h4-12,14-19H,2-3,13,20H2,1H3;1-15H;2*(H2,2,3,4)/q+1;;;/p-1. The van der Waals surface area contributed by atoms with Crippen molar-refractivity contribution in [3.05, 3.63) is 182 Å². The van der Waals surface area contributed by atoms with Crippen molar-refractivity contribution in [1.82, 2.24) is 0 Å². The van der Waals surface area contributed by atoms with Gasteiger partial charge in [-0.25, -0.2) is 4.79 Å². The van der Waals surface area contributed by atoms with Crippen molar-refractivity contribution in [3.63, 3.8) is 0 Å². The molecule has 0 aliphatic carbocycles. The van der Waals surface area contributed by atoms with Gasteiger partial charge in [0.15, 0.2) is 0 Å². The first-order chi connectivity index (χ1) is 24.8. The molecule has 0 saturated heterocycles. The third-order valence-electron chi connectivity index (χ3n) is 7.73. The Morgan fingerprint density at radius 1 is 0.490 bits per heavy atom. The van der Waals surface area contributed by atoms with Gasteiger partial charge in [-0.15, -0.1) is 0 Å². The molecule has 0 spiro atoms. The highest BCUT2D eigenvalue weighted by molar-refractivity contribution is 7.95. The van der Waals surface area contributed by atoms with Crippen LogP contribution in [-0.2, 0) is 0 Å². The number of unbranched alkanes of at least 4 members (excludes halogenated alkanes) is 2. The van der Waals surface area contributed by atoms with Gasteiger partial charge in [0.2, 0.25) is 6.16 Å². The Morgan fingerprint density at radius 3 is 0.961 bits per heavy atom. The minimum Gasteiger partial charge on any atom is -0.565 e. The van der Waals surface area contributed by atoms with Gasteiger partial charge in [-0.1, -0.05) is 165 Å². The molecule has 6 aromatic carbocycles. The van der Waals surface area contributed by atoms with Crippen LogP contribution in [0.2, 0.25) is 0 Å². The average Bonchev–Trinajstić information content (AvgIpc) is 3.16. The summed E-state index contributed by atoms with van der Waals surface area (Å²) in [6, 6.07) is 65.8. The smallest absolute Gasteiger partial charge is 0.503 e. The molecule has 0 amide bonds. The van der Waals surface area contributed by atoms with Crippen LogP contribution in [-0.4, -0.2) is 33.8 Å². The fourth-order valence-electron chi connectivity index (χ4n) is 5.66. The van der Waals surface area contributed by atoms with E-state index in [-0.39, 0.29) is 0 Å². The third kappa shape index (κ3) is 13.2. The SMILES string of the molecule is CCCCC[P+](c1ccccc1)(c1ccccc1)c1ccccc1.O=C(O)O.O=C([O-])O.c1ccc(P(c2ccccc2)c2ccccc2)cc1. The lowest BCUT2D eigenvalue weighted by molar-refractivity contribution is -0.275. The molecule has 6 rings (SSSR count). The molecule has 0 aromatic heterocycles. The van der Waals surface area contributed by atoms with Crippen molar-refractivity contribution in [1.29, 1.82) is 0 Å². The summed E-state index contributed by atoms with van der Waals surface area (Å²) in [7, 11) is -2.03. The maximum atomic E-state index is 8.56. The summed E-state index contributed by atoms with van der Waals surface area (Å²) in [6.07, 6.45) is 1.18. The molecule has 6 nitrogen and oxygen atoms in total. The Bertz CT molecular complexity index is 1600. The van der Waals surface area contributed by atoms with E-state index in [0.29, 0.717) is 0 Å². The molecule has 0 atom stereocenters. The van der Waals surface area contributed by atoms with Gasteiger partial charge in [-0.3, -0.25) is 0 Å². The molecular weight excluding hydrogens is 674 g/mol. The third-order valence-corrected chi connectivity index (χ3v) is 14.7. The first-order valence-electron chi connectivity index (χ1n) is 16.6. The Labute approximate surface area is 302 Å². The Morgan fingerprint density at radius 2 is 0.725 bits per heavy atom. The van der Waals surface area contributed by atoms with Crippen LogP contribution in [0.3, 0.4) is 0 Å². The highest BCUT2D eigenvalue weighted by Crippen LogP contribution is 2.55. The largest absolute Gasteiger partial charge is 0.565 e. The topological polar surface area (TPSA) is 118 Å². The van der Waals surface area contributed by atoms with E-state index in [9.17, 15) is 0 Å². The van der Waals surface area contributed by atoms with Gasteiger partial charge >= 0.3 is 6.16 Å². The van der Waals surface area contributed by atoms with Gasteiger partial charge < -0.3 is 25.2 Å². The fourth-order valence-corrected chi connectivity index (χ4v) is 12.4. The zero-order chi connectivity index (χ0) is 36.7. The second-order valence-electron chi connectivity index (χ2n) is 11.1. The van der Waals surface area contributed by atoms with E-state index in [0.717, 1.165) is 0 Å². The lowest BCUT2D eigenvalue weighted by atomic mass is 10.3. The van der Waals surface area contributed by atoms with Crippen LogP contribution in [0.4, 0.5) is 9.59 Å². The van der Waals surface area contributed by atoms with E-state index in [2.05, 4.69) is 189 Å².